The van der Waals surface area contributed by atoms with Crippen LogP contribution in [0.3, 0.4) is 0 Å². The summed E-state index contributed by atoms with van der Waals surface area (Å²) in [7, 11) is 1.51. The molecule has 0 saturated heterocycles. The third kappa shape index (κ3) is 8.43. The fourth-order valence-corrected chi connectivity index (χ4v) is 4.59. The molecular formula is C31H37NO8. The average Bonchev–Trinajstić information content (AvgIpc) is 3.33. The first kappa shape index (κ1) is 30.4. The van der Waals surface area contributed by atoms with Crippen molar-refractivity contribution in [2.75, 3.05) is 7.11 Å². The van der Waals surface area contributed by atoms with Crippen LogP contribution in [0.25, 0.3) is 0 Å². The Morgan fingerprint density at radius 3 is 2.45 bits per heavy atom. The lowest BCUT2D eigenvalue weighted by atomic mass is 9.94. The summed E-state index contributed by atoms with van der Waals surface area (Å²) >= 11 is 0. The molecule has 2 aromatic rings. The van der Waals surface area contributed by atoms with Gasteiger partial charge in [0.25, 0.3) is 0 Å². The summed E-state index contributed by atoms with van der Waals surface area (Å²) in [5, 5.41) is 11.9. The molecule has 1 amide bonds. The fraction of sp³-hybridized carbons (Fsp3) is 0.419. The molecule has 2 aromatic carbocycles. The normalized spacial score (nSPS) is 12.5. The number of allylic oxidation sites excluding steroid dienone is 2. The van der Waals surface area contributed by atoms with Gasteiger partial charge in [-0.1, -0.05) is 48.4 Å². The predicted octanol–water partition coefficient (Wildman–Crippen LogP) is 5.20. The van der Waals surface area contributed by atoms with Gasteiger partial charge in [-0.25, -0.2) is 4.79 Å². The molecule has 0 saturated carbocycles. The van der Waals surface area contributed by atoms with E-state index < -0.39 is 17.9 Å². The van der Waals surface area contributed by atoms with Gasteiger partial charge in [0.1, 0.15) is 17.9 Å². The highest BCUT2D eigenvalue weighted by Crippen LogP contribution is 2.43. The van der Waals surface area contributed by atoms with E-state index in [2.05, 4.69) is 5.32 Å². The monoisotopic (exact) mass is 551 g/mol. The van der Waals surface area contributed by atoms with Gasteiger partial charge in [0, 0.05) is 36.9 Å². The lowest BCUT2D eigenvalue weighted by Crippen LogP contribution is -2.22. The molecule has 1 aliphatic heterocycles. The number of carboxylic acid groups (broad SMARTS) is 1. The van der Waals surface area contributed by atoms with Gasteiger partial charge in [0.2, 0.25) is 5.91 Å². The summed E-state index contributed by atoms with van der Waals surface area (Å²) in [5.41, 5.74) is 4.02. The number of amides is 1. The number of benzene rings is 2. The van der Waals surface area contributed by atoms with Crippen LogP contribution in [-0.2, 0) is 38.7 Å². The molecule has 0 unspecified atom stereocenters. The molecule has 2 N–H and O–H groups in total. The SMILES string of the molecule is COc1c(C)c2c(c(OC(=O)CCCCCC(=O)NCc3ccccc3)c1C/C=C(\C)CCC(=O)O)C(=O)OC2. The van der Waals surface area contributed by atoms with Gasteiger partial charge >= 0.3 is 17.9 Å². The van der Waals surface area contributed by atoms with E-state index >= 15 is 0 Å². The van der Waals surface area contributed by atoms with Crippen LogP contribution in [-0.4, -0.2) is 36.0 Å². The maximum absolute atomic E-state index is 12.9. The number of cyclic esters (lactones) is 1. The zero-order valence-corrected chi connectivity index (χ0v) is 23.3. The number of hydrogen-bond donors (Lipinski definition) is 2. The van der Waals surface area contributed by atoms with Crippen molar-refractivity contribution in [3.8, 4) is 11.5 Å². The summed E-state index contributed by atoms with van der Waals surface area (Å²) in [6.45, 7) is 4.21. The van der Waals surface area contributed by atoms with E-state index in [4.69, 9.17) is 19.3 Å². The van der Waals surface area contributed by atoms with Crippen LogP contribution >= 0.6 is 0 Å². The van der Waals surface area contributed by atoms with Crippen molar-refractivity contribution in [1.29, 1.82) is 0 Å². The van der Waals surface area contributed by atoms with Crippen LogP contribution < -0.4 is 14.8 Å². The van der Waals surface area contributed by atoms with Gasteiger partial charge in [-0.15, -0.1) is 0 Å². The summed E-state index contributed by atoms with van der Waals surface area (Å²) in [5.74, 6) is -1.34. The number of carboxylic acids is 1. The third-order valence-electron chi connectivity index (χ3n) is 6.85. The Morgan fingerprint density at radius 1 is 1.02 bits per heavy atom. The number of nitrogens with one attached hydrogen (secondary N) is 1. The summed E-state index contributed by atoms with van der Waals surface area (Å²) < 4.78 is 16.7. The Bertz CT molecular complexity index is 1270. The molecule has 0 aromatic heterocycles. The van der Waals surface area contributed by atoms with Crippen LogP contribution in [0.15, 0.2) is 42.0 Å². The molecule has 0 atom stereocenters. The minimum atomic E-state index is -0.885. The molecule has 9 heteroatoms. The van der Waals surface area contributed by atoms with Gasteiger partial charge in [-0.05, 0) is 50.7 Å². The lowest BCUT2D eigenvalue weighted by Gasteiger charge is -2.19. The molecule has 0 spiro atoms. The highest BCUT2D eigenvalue weighted by atomic mass is 16.6. The Kier molecular flexibility index (Phi) is 11.3. The molecular weight excluding hydrogens is 514 g/mol. The molecule has 0 radical (unpaired) electrons. The average molecular weight is 552 g/mol. The number of fused-ring (bicyclic) bond motifs is 1. The molecule has 214 valence electrons. The van der Waals surface area contributed by atoms with Gasteiger partial charge in [-0.3, -0.25) is 14.4 Å². The number of carbonyl (C=O) groups is 4. The number of esters is 2. The van der Waals surface area contributed by atoms with Crippen molar-refractivity contribution in [2.24, 2.45) is 0 Å². The molecule has 9 nitrogen and oxygen atoms in total. The Hall–Kier alpha value is -4.14. The van der Waals surface area contributed by atoms with Gasteiger partial charge in [0.15, 0.2) is 5.75 Å². The Morgan fingerprint density at radius 2 is 1.75 bits per heavy atom. The van der Waals surface area contributed by atoms with Gasteiger partial charge in [-0.2, -0.15) is 0 Å². The van der Waals surface area contributed by atoms with Gasteiger partial charge in [0.05, 0.1) is 7.11 Å². The Labute approximate surface area is 234 Å². The summed E-state index contributed by atoms with van der Waals surface area (Å²) in [6, 6.07) is 9.68. The minimum Gasteiger partial charge on any atom is -0.496 e. The fourth-order valence-electron chi connectivity index (χ4n) is 4.59. The van der Waals surface area contributed by atoms with Crippen LogP contribution in [0.4, 0.5) is 0 Å². The van der Waals surface area contributed by atoms with E-state index in [-0.39, 0.29) is 43.1 Å². The second-order valence-corrected chi connectivity index (χ2v) is 9.84. The Balaban J connectivity index is 1.61. The zero-order chi connectivity index (χ0) is 29.1. The first-order chi connectivity index (χ1) is 19.2. The number of hydrogen-bond acceptors (Lipinski definition) is 7. The van der Waals surface area contributed by atoms with Crippen LogP contribution in [0, 0.1) is 6.92 Å². The third-order valence-corrected chi connectivity index (χ3v) is 6.85. The topological polar surface area (TPSA) is 128 Å². The van der Waals surface area contributed by atoms with E-state index in [9.17, 15) is 19.2 Å². The van der Waals surface area contributed by atoms with Crippen LogP contribution in [0.1, 0.15) is 84.5 Å². The number of ether oxygens (including phenoxy) is 3. The minimum absolute atomic E-state index is 0.00549. The van der Waals surface area contributed by atoms with Crippen molar-refractivity contribution in [3.63, 3.8) is 0 Å². The maximum Gasteiger partial charge on any atom is 0.342 e. The highest BCUT2D eigenvalue weighted by Gasteiger charge is 2.34. The lowest BCUT2D eigenvalue weighted by molar-refractivity contribution is -0.137. The highest BCUT2D eigenvalue weighted by molar-refractivity contribution is 5.99. The first-order valence-electron chi connectivity index (χ1n) is 13.5. The second kappa shape index (κ2) is 14.9. The molecule has 1 aliphatic rings. The molecule has 1 heterocycles. The van der Waals surface area contributed by atoms with Crippen molar-refractivity contribution >= 4 is 23.8 Å². The maximum atomic E-state index is 12.9. The molecule has 40 heavy (non-hydrogen) atoms. The van der Waals surface area contributed by atoms with E-state index in [0.717, 1.165) is 16.7 Å². The summed E-state index contributed by atoms with van der Waals surface area (Å²) in [4.78, 5) is 48.5. The number of aliphatic carboxylic acids is 1. The van der Waals surface area contributed by atoms with E-state index in [1.807, 2.05) is 50.3 Å². The quantitative estimate of drug-likeness (QED) is 0.134. The standard InChI is InChI=1S/C31H37NO8/c1-20(15-17-26(34)35)14-16-23-29(38-3)21(2)24-19-39-31(37)28(24)30(23)40-27(36)13-9-5-8-12-25(33)32-18-22-10-6-4-7-11-22/h4,6-7,10-11,14H,5,8-9,12-13,15-19H2,1-3H3,(H,32,33)(H,34,35)/b20-14+. The number of rotatable bonds is 15. The summed E-state index contributed by atoms with van der Waals surface area (Å²) in [6.07, 6.45) is 4.86. The smallest absolute Gasteiger partial charge is 0.342 e. The number of carbonyl (C=O) groups excluding carboxylic acids is 3. The van der Waals surface area contributed by atoms with Crippen LogP contribution in [0.2, 0.25) is 0 Å². The van der Waals surface area contributed by atoms with Crippen molar-refractivity contribution in [1.82, 2.24) is 5.32 Å². The van der Waals surface area contributed by atoms with Gasteiger partial charge < -0.3 is 24.6 Å². The van der Waals surface area contributed by atoms with Crippen molar-refractivity contribution in [2.45, 2.75) is 78.4 Å². The van der Waals surface area contributed by atoms with E-state index in [1.165, 1.54) is 7.11 Å². The largest absolute Gasteiger partial charge is 0.496 e. The van der Waals surface area contributed by atoms with Crippen LogP contribution in [0.5, 0.6) is 11.5 Å². The molecule has 3 rings (SSSR count). The zero-order valence-electron chi connectivity index (χ0n) is 23.3. The molecule has 0 bridgehead atoms. The van der Waals surface area contributed by atoms with E-state index in [0.29, 0.717) is 55.5 Å². The van der Waals surface area contributed by atoms with Crippen molar-refractivity contribution in [3.05, 3.63) is 69.8 Å². The second-order valence-electron chi connectivity index (χ2n) is 9.84. The number of unbranched alkanes of at least 4 members (excludes halogenated alkanes) is 2. The number of methoxy groups -OCH3 is 1. The van der Waals surface area contributed by atoms with Crippen molar-refractivity contribution < 1.29 is 38.5 Å². The van der Waals surface area contributed by atoms with E-state index in [1.54, 1.807) is 0 Å². The molecule has 0 fully saturated rings. The predicted molar refractivity (Wildman–Crippen MR) is 148 cm³/mol. The molecule has 0 aliphatic carbocycles. The first-order valence-corrected chi connectivity index (χ1v) is 13.5.